The van der Waals surface area contributed by atoms with Gasteiger partial charge in [0.15, 0.2) is 17.5 Å². The second-order valence-electron chi connectivity index (χ2n) is 15.5. The highest BCUT2D eigenvalue weighted by Crippen LogP contribution is 2.57. The quantitative estimate of drug-likeness (QED) is 0.154. The highest BCUT2D eigenvalue weighted by atomic mass is 15.0. The highest BCUT2D eigenvalue weighted by molar-refractivity contribution is 5.91. The van der Waals surface area contributed by atoms with Gasteiger partial charge in [0, 0.05) is 16.7 Å². The summed E-state index contributed by atoms with van der Waals surface area (Å²) in [4.78, 5) is 16.1. The Kier molecular flexibility index (Phi) is 9.05. The van der Waals surface area contributed by atoms with Crippen molar-refractivity contribution < 1.29 is 0 Å². The van der Waals surface area contributed by atoms with Crippen molar-refractivity contribution in [2.45, 2.75) is 5.41 Å². The molecule has 0 unspecified atom stereocenters. The van der Waals surface area contributed by atoms with E-state index in [-0.39, 0.29) is 0 Å². The van der Waals surface area contributed by atoms with Gasteiger partial charge in [0.05, 0.1) is 5.41 Å². The van der Waals surface area contributed by atoms with E-state index < -0.39 is 5.41 Å². The zero-order valence-electron chi connectivity index (χ0n) is 33.4. The maximum Gasteiger partial charge on any atom is 0.164 e. The largest absolute Gasteiger partial charge is 0.208 e. The van der Waals surface area contributed by atoms with Crippen LogP contribution in [0.5, 0.6) is 0 Å². The van der Waals surface area contributed by atoms with E-state index in [0.717, 1.165) is 50.1 Å². The van der Waals surface area contributed by atoms with Crippen LogP contribution < -0.4 is 0 Å². The van der Waals surface area contributed by atoms with Gasteiger partial charge in [-0.3, -0.25) is 0 Å². The van der Waals surface area contributed by atoms with Crippen LogP contribution in [-0.4, -0.2) is 15.0 Å². The second-order valence-corrected chi connectivity index (χ2v) is 15.5. The summed E-state index contributed by atoms with van der Waals surface area (Å²) in [5.41, 5.74) is 16.3. The molecule has 0 saturated carbocycles. The minimum atomic E-state index is -0.519. The molecule has 0 amide bonds. The smallest absolute Gasteiger partial charge is 0.164 e. The van der Waals surface area contributed by atoms with Crippen LogP contribution in [0.1, 0.15) is 22.3 Å². The average Bonchev–Trinajstić information content (AvgIpc) is 3.65. The van der Waals surface area contributed by atoms with E-state index in [1.54, 1.807) is 0 Å². The van der Waals surface area contributed by atoms with Crippen LogP contribution in [0.2, 0.25) is 0 Å². The molecule has 1 heterocycles. The molecule has 3 heteroatoms. The Bertz CT molecular complexity index is 3040. The number of hydrogen-bond acceptors (Lipinski definition) is 3. The van der Waals surface area contributed by atoms with Gasteiger partial charge in [0.1, 0.15) is 0 Å². The van der Waals surface area contributed by atoms with Crippen molar-refractivity contribution in [1.82, 2.24) is 15.0 Å². The number of nitrogens with zero attached hydrogens (tertiary/aromatic N) is 3. The lowest BCUT2D eigenvalue weighted by Crippen LogP contribution is -2.28. The normalized spacial score (nSPS) is 12.4. The van der Waals surface area contributed by atoms with Gasteiger partial charge >= 0.3 is 0 Å². The minimum Gasteiger partial charge on any atom is -0.208 e. The first-order chi connectivity index (χ1) is 30.3. The van der Waals surface area contributed by atoms with Crippen LogP contribution in [0.15, 0.2) is 237 Å². The third-order valence-electron chi connectivity index (χ3n) is 12.1. The molecule has 3 nitrogen and oxygen atoms in total. The standard InChI is InChI=1S/C58H39N3/c1-5-21-40(22-6-1)45-29-13-16-33-50(45)55-59-56(51-34-17-14-30-46(51)41-23-7-2-8-24-41)61-57(60-55)52-35-18-15-31-47(52)42-37-38-49-48-32-19-20-36-53(48)58(54(49)39-42,43-25-9-3-10-26-43)44-27-11-4-12-28-44/h1-39H. The third kappa shape index (κ3) is 6.18. The fourth-order valence-corrected chi connectivity index (χ4v) is 9.37. The molecule has 1 aliphatic carbocycles. The number of benzene rings is 9. The lowest BCUT2D eigenvalue weighted by Gasteiger charge is -2.34. The van der Waals surface area contributed by atoms with Crippen LogP contribution in [-0.2, 0) is 5.41 Å². The minimum absolute atomic E-state index is 0.519. The summed E-state index contributed by atoms with van der Waals surface area (Å²) in [6, 6.07) is 84.1. The molecule has 286 valence electrons. The third-order valence-corrected chi connectivity index (χ3v) is 12.1. The van der Waals surface area contributed by atoms with Gasteiger partial charge in [-0.2, -0.15) is 0 Å². The van der Waals surface area contributed by atoms with E-state index in [1.807, 2.05) is 12.1 Å². The Hall–Kier alpha value is -8.01. The van der Waals surface area contributed by atoms with E-state index in [4.69, 9.17) is 15.0 Å². The van der Waals surface area contributed by atoms with E-state index in [0.29, 0.717) is 17.5 Å². The highest BCUT2D eigenvalue weighted by Gasteiger charge is 2.46. The van der Waals surface area contributed by atoms with Crippen LogP contribution in [0.4, 0.5) is 0 Å². The summed E-state index contributed by atoms with van der Waals surface area (Å²) in [7, 11) is 0. The Labute approximate surface area is 356 Å². The summed E-state index contributed by atoms with van der Waals surface area (Å²) < 4.78 is 0. The van der Waals surface area contributed by atoms with Crippen molar-refractivity contribution in [3.8, 4) is 78.7 Å². The van der Waals surface area contributed by atoms with Crippen LogP contribution in [0.25, 0.3) is 78.7 Å². The molecule has 0 atom stereocenters. The molecule has 0 bridgehead atoms. The fraction of sp³-hybridized carbons (Fsp3) is 0.0172. The molecule has 9 aromatic carbocycles. The molecular weight excluding hydrogens is 739 g/mol. The van der Waals surface area contributed by atoms with Crippen molar-refractivity contribution >= 4 is 0 Å². The Morgan fingerprint density at radius 2 is 0.557 bits per heavy atom. The first-order valence-corrected chi connectivity index (χ1v) is 20.8. The summed E-state index contributed by atoms with van der Waals surface area (Å²) in [5.74, 6) is 1.85. The molecule has 0 saturated heterocycles. The topological polar surface area (TPSA) is 38.7 Å². The molecule has 61 heavy (non-hydrogen) atoms. The van der Waals surface area contributed by atoms with E-state index in [1.165, 1.54) is 33.4 Å². The zero-order valence-corrected chi connectivity index (χ0v) is 33.4. The molecule has 0 fully saturated rings. The van der Waals surface area contributed by atoms with E-state index in [2.05, 4.69) is 224 Å². The molecule has 10 aromatic rings. The molecule has 0 N–H and O–H groups in total. The van der Waals surface area contributed by atoms with Gasteiger partial charge in [-0.25, -0.2) is 15.0 Å². The summed E-state index contributed by atoms with van der Waals surface area (Å²) in [6.45, 7) is 0. The second kappa shape index (κ2) is 15.3. The molecule has 0 aliphatic heterocycles. The molecule has 1 aromatic heterocycles. The number of fused-ring (bicyclic) bond motifs is 3. The fourth-order valence-electron chi connectivity index (χ4n) is 9.37. The van der Waals surface area contributed by atoms with Crippen molar-refractivity contribution in [3.05, 3.63) is 259 Å². The van der Waals surface area contributed by atoms with Gasteiger partial charge in [-0.15, -0.1) is 0 Å². The summed E-state index contributed by atoms with van der Waals surface area (Å²) in [6.07, 6.45) is 0. The summed E-state index contributed by atoms with van der Waals surface area (Å²) >= 11 is 0. The van der Waals surface area contributed by atoms with Gasteiger partial charge in [-0.1, -0.05) is 231 Å². The van der Waals surface area contributed by atoms with Gasteiger partial charge in [-0.05, 0) is 72.8 Å². The zero-order chi connectivity index (χ0) is 40.6. The molecule has 0 spiro atoms. The van der Waals surface area contributed by atoms with Crippen molar-refractivity contribution in [1.29, 1.82) is 0 Å². The van der Waals surface area contributed by atoms with Crippen LogP contribution >= 0.6 is 0 Å². The molecule has 0 radical (unpaired) electrons. The Morgan fingerprint density at radius 1 is 0.230 bits per heavy atom. The van der Waals surface area contributed by atoms with Crippen molar-refractivity contribution in [2.75, 3.05) is 0 Å². The molecular formula is C58H39N3. The Morgan fingerprint density at radius 3 is 1.00 bits per heavy atom. The lowest BCUT2D eigenvalue weighted by atomic mass is 9.67. The predicted molar refractivity (Wildman–Crippen MR) is 250 cm³/mol. The number of hydrogen-bond donors (Lipinski definition) is 0. The van der Waals surface area contributed by atoms with Crippen LogP contribution in [0.3, 0.4) is 0 Å². The Balaban J connectivity index is 1.15. The van der Waals surface area contributed by atoms with Gasteiger partial charge in [0.2, 0.25) is 0 Å². The lowest BCUT2D eigenvalue weighted by molar-refractivity contribution is 0.769. The molecule has 1 aliphatic rings. The van der Waals surface area contributed by atoms with Crippen LogP contribution in [0, 0.1) is 0 Å². The molecule has 11 rings (SSSR count). The van der Waals surface area contributed by atoms with E-state index in [9.17, 15) is 0 Å². The van der Waals surface area contributed by atoms with Crippen molar-refractivity contribution in [2.24, 2.45) is 0 Å². The SMILES string of the molecule is c1ccc(-c2ccccc2-c2nc(-c3ccccc3-c3ccccc3)nc(-c3ccccc3-c3ccc4c(c3)C(c3ccccc3)(c3ccccc3)c3ccccc3-4)n2)cc1. The first-order valence-electron chi connectivity index (χ1n) is 20.8. The summed E-state index contributed by atoms with van der Waals surface area (Å²) in [5, 5.41) is 0. The van der Waals surface area contributed by atoms with Gasteiger partial charge < -0.3 is 0 Å². The number of rotatable bonds is 8. The van der Waals surface area contributed by atoms with Crippen molar-refractivity contribution in [3.63, 3.8) is 0 Å². The number of aromatic nitrogens is 3. The first kappa shape index (κ1) is 36.1. The average molecular weight is 778 g/mol. The predicted octanol–water partition coefficient (Wildman–Crippen LogP) is 14.2. The van der Waals surface area contributed by atoms with E-state index >= 15 is 0 Å². The maximum absolute atomic E-state index is 5.38. The maximum atomic E-state index is 5.38. The van der Waals surface area contributed by atoms with Gasteiger partial charge in [0.25, 0.3) is 0 Å². The monoisotopic (exact) mass is 777 g/mol.